The summed E-state index contributed by atoms with van der Waals surface area (Å²) >= 11 is 1.25. The molecule has 0 aliphatic carbocycles. The first-order valence-electron chi connectivity index (χ1n) is 5.36. The first kappa shape index (κ1) is 13.6. The fourth-order valence-electron chi connectivity index (χ4n) is 1.39. The SMILES string of the molecule is Cc1ncc(C(=O)NC(CC(C)C)C(=O)O)s1. The average molecular weight is 256 g/mol. The van der Waals surface area contributed by atoms with Crippen LogP contribution in [-0.2, 0) is 4.79 Å². The van der Waals surface area contributed by atoms with Crippen LogP contribution in [0.3, 0.4) is 0 Å². The van der Waals surface area contributed by atoms with Gasteiger partial charge in [0.15, 0.2) is 0 Å². The van der Waals surface area contributed by atoms with Gasteiger partial charge in [-0.05, 0) is 19.3 Å². The number of aryl methyl sites for hydroxylation is 1. The zero-order valence-corrected chi connectivity index (χ0v) is 10.9. The molecule has 0 spiro atoms. The highest BCUT2D eigenvalue weighted by molar-refractivity contribution is 7.13. The minimum atomic E-state index is -1.01. The van der Waals surface area contributed by atoms with Crippen molar-refractivity contribution in [3.05, 3.63) is 16.1 Å². The second-order valence-corrected chi connectivity index (χ2v) is 5.47. The molecule has 1 unspecified atom stereocenters. The van der Waals surface area contributed by atoms with Gasteiger partial charge < -0.3 is 10.4 Å². The number of aliphatic carboxylic acids is 1. The van der Waals surface area contributed by atoms with E-state index in [0.717, 1.165) is 5.01 Å². The zero-order chi connectivity index (χ0) is 13.0. The van der Waals surface area contributed by atoms with Crippen LogP contribution in [0.4, 0.5) is 0 Å². The molecular weight excluding hydrogens is 240 g/mol. The Morgan fingerprint density at radius 3 is 2.59 bits per heavy atom. The molecule has 17 heavy (non-hydrogen) atoms. The van der Waals surface area contributed by atoms with Gasteiger partial charge in [-0.25, -0.2) is 9.78 Å². The van der Waals surface area contributed by atoms with Crippen molar-refractivity contribution in [1.82, 2.24) is 10.3 Å². The summed E-state index contributed by atoms with van der Waals surface area (Å²) in [6.07, 6.45) is 1.88. The Morgan fingerprint density at radius 2 is 2.18 bits per heavy atom. The summed E-state index contributed by atoms with van der Waals surface area (Å²) in [6.45, 7) is 5.63. The van der Waals surface area contributed by atoms with Crippen LogP contribution in [0.1, 0.15) is 34.9 Å². The van der Waals surface area contributed by atoms with Gasteiger partial charge in [0.2, 0.25) is 0 Å². The molecule has 0 fully saturated rings. The number of nitrogens with zero attached hydrogens (tertiary/aromatic N) is 1. The van der Waals surface area contributed by atoms with Crippen molar-refractivity contribution < 1.29 is 14.7 Å². The normalized spacial score (nSPS) is 12.5. The standard InChI is InChI=1S/C11H16N2O3S/c1-6(2)4-8(11(15)16)13-10(14)9-5-12-7(3)17-9/h5-6,8H,4H2,1-3H3,(H,13,14)(H,15,16). The van der Waals surface area contributed by atoms with Crippen LogP contribution in [0.25, 0.3) is 0 Å². The van der Waals surface area contributed by atoms with Gasteiger partial charge in [0.05, 0.1) is 11.2 Å². The van der Waals surface area contributed by atoms with E-state index in [1.54, 1.807) is 6.92 Å². The van der Waals surface area contributed by atoms with Gasteiger partial charge >= 0.3 is 5.97 Å². The minimum absolute atomic E-state index is 0.208. The Labute approximate surface area is 104 Å². The number of carboxylic acid groups (broad SMARTS) is 1. The molecular formula is C11H16N2O3S. The van der Waals surface area contributed by atoms with Crippen molar-refractivity contribution >= 4 is 23.2 Å². The summed E-state index contributed by atoms with van der Waals surface area (Å²) in [5, 5.41) is 12.3. The molecule has 1 rings (SSSR count). The number of hydrogen-bond donors (Lipinski definition) is 2. The molecule has 2 N–H and O–H groups in total. The molecule has 6 heteroatoms. The third kappa shape index (κ3) is 4.14. The van der Waals surface area contributed by atoms with E-state index in [2.05, 4.69) is 10.3 Å². The number of thiazole rings is 1. The summed E-state index contributed by atoms with van der Waals surface area (Å²) in [5.74, 6) is -1.17. The molecule has 0 radical (unpaired) electrons. The number of carbonyl (C=O) groups is 2. The molecule has 1 amide bonds. The average Bonchev–Trinajstić information content (AvgIpc) is 2.63. The summed E-state index contributed by atoms with van der Waals surface area (Å²) in [6, 6.07) is -0.843. The first-order valence-corrected chi connectivity index (χ1v) is 6.18. The largest absolute Gasteiger partial charge is 0.480 e. The molecule has 1 heterocycles. The van der Waals surface area contributed by atoms with Crippen molar-refractivity contribution in [3.63, 3.8) is 0 Å². The Hall–Kier alpha value is -1.43. The molecule has 0 aliphatic rings. The van der Waals surface area contributed by atoms with Crippen LogP contribution in [0.5, 0.6) is 0 Å². The Balaban J connectivity index is 2.67. The molecule has 0 bridgehead atoms. The van der Waals surface area contributed by atoms with Crippen molar-refractivity contribution in [1.29, 1.82) is 0 Å². The molecule has 0 aliphatic heterocycles. The molecule has 1 aromatic heterocycles. The van der Waals surface area contributed by atoms with Crippen LogP contribution in [0.2, 0.25) is 0 Å². The zero-order valence-electron chi connectivity index (χ0n) is 10.1. The number of carboxylic acids is 1. The lowest BCUT2D eigenvalue weighted by molar-refractivity contribution is -0.139. The van der Waals surface area contributed by atoms with E-state index in [9.17, 15) is 9.59 Å². The molecule has 0 saturated carbocycles. The van der Waals surface area contributed by atoms with Gasteiger partial charge in [0.1, 0.15) is 10.9 Å². The second kappa shape index (κ2) is 5.77. The smallest absolute Gasteiger partial charge is 0.326 e. The van der Waals surface area contributed by atoms with E-state index in [4.69, 9.17) is 5.11 Å². The van der Waals surface area contributed by atoms with Crippen LogP contribution in [0.15, 0.2) is 6.20 Å². The van der Waals surface area contributed by atoms with Crippen LogP contribution in [0, 0.1) is 12.8 Å². The fourth-order valence-corrected chi connectivity index (χ4v) is 2.07. The number of aromatic nitrogens is 1. The number of carbonyl (C=O) groups excluding carboxylic acids is 1. The van der Waals surface area contributed by atoms with E-state index < -0.39 is 12.0 Å². The van der Waals surface area contributed by atoms with Gasteiger partial charge in [0.25, 0.3) is 5.91 Å². The van der Waals surface area contributed by atoms with E-state index in [-0.39, 0.29) is 11.8 Å². The predicted octanol–water partition coefficient (Wildman–Crippen LogP) is 1.68. The van der Waals surface area contributed by atoms with Crippen molar-refractivity contribution in [2.45, 2.75) is 33.2 Å². The van der Waals surface area contributed by atoms with E-state index >= 15 is 0 Å². The third-order valence-corrected chi connectivity index (χ3v) is 3.07. The highest BCUT2D eigenvalue weighted by Crippen LogP contribution is 2.12. The lowest BCUT2D eigenvalue weighted by Gasteiger charge is -2.15. The quantitative estimate of drug-likeness (QED) is 0.840. The highest BCUT2D eigenvalue weighted by atomic mass is 32.1. The van der Waals surface area contributed by atoms with Gasteiger partial charge in [0, 0.05) is 0 Å². The van der Waals surface area contributed by atoms with Crippen LogP contribution in [-0.4, -0.2) is 28.0 Å². The molecule has 1 atom stereocenters. The highest BCUT2D eigenvalue weighted by Gasteiger charge is 2.22. The number of nitrogens with one attached hydrogen (secondary N) is 1. The van der Waals surface area contributed by atoms with Gasteiger partial charge in [-0.2, -0.15) is 0 Å². The maximum Gasteiger partial charge on any atom is 0.326 e. The molecule has 1 aromatic rings. The molecule has 0 saturated heterocycles. The first-order chi connectivity index (χ1) is 7.90. The van der Waals surface area contributed by atoms with E-state index in [1.807, 2.05) is 13.8 Å². The maximum absolute atomic E-state index is 11.8. The molecule has 5 nitrogen and oxygen atoms in total. The Kier molecular flexibility index (Phi) is 4.62. The number of rotatable bonds is 5. The van der Waals surface area contributed by atoms with Gasteiger partial charge in [-0.15, -0.1) is 11.3 Å². The summed E-state index contributed by atoms with van der Waals surface area (Å²) < 4.78 is 0. The predicted molar refractivity (Wildman–Crippen MR) is 65.2 cm³/mol. The second-order valence-electron chi connectivity index (χ2n) is 4.24. The van der Waals surface area contributed by atoms with Crippen LogP contribution >= 0.6 is 11.3 Å². The van der Waals surface area contributed by atoms with Crippen LogP contribution < -0.4 is 5.32 Å². The Morgan fingerprint density at radius 1 is 1.53 bits per heavy atom. The van der Waals surface area contributed by atoms with Gasteiger partial charge in [-0.1, -0.05) is 13.8 Å². The van der Waals surface area contributed by atoms with Gasteiger partial charge in [-0.3, -0.25) is 4.79 Å². The van der Waals surface area contributed by atoms with E-state index in [1.165, 1.54) is 17.5 Å². The van der Waals surface area contributed by atoms with E-state index in [0.29, 0.717) is 11.3 Å². The fraction of sp³-hybridized carbons (Fsp3) is 0.545. The minimum Gasteiger partial charge on any atom is -0.480 e. The maximum atomic E-state index is 11.8. The lowest BCUT2D eigenvalue weighted by Crippen LogP contribution is -2.41. The van der Waals surface area contributed by atoms with Crippen molar-refractivity contribution in [2.75, 3.05) is 0 Å². The summed E-state index contributed by atoms with van der Waals surface area (Å²) in [5.41, 5.74) is 0. The third-order valence-electron chi connectivity index (χ3n) is 2.16. The molecule has 94 valence electrons. The van der Waals surface area contributed by atoms with Crippen molar-refractivity contribution in [3.8, 4) is 0 Å². The molecule has 0 aromatic carbocycles. The number of hydrogen-bond acceptors (Lipinski definition) is 4. The summed E-state index contributed by atoms with van der Waals surface area (Å²) in [4.78, 5) is 27.1. The Bertz CT molecular complexity index is 415. The number of amides is 1. The van der Waals surface area contributed by atoms with Crippen molar-refractivity contribution in [2.24, 2.45) is 5.92 Å². The topological polar surface area (TPSA) is 79.3 Å². The summed E-state index contributed by atoms with van der Waals surface area (Å²) in [7, 11) is 0. The monoisotopic (exact) mass is 256 g/mol. The lowest BCUT2D eigenvalue weighted by atomic mass is 10.0.